The van der Waals surface area contributed by atoms with Crippen LogP contribution in [0, 0.1) is 0 Å². The van der Waals surface area contributed by atoms with Crippen molar-refractivity contribution < 1.29 is 4.79 Å². The van der Waals surface area contributed by atoms with Crippen LogP contribution >= 0.6 is 22.9 Å². The van der Waals surface area contributed by atoms with Crippen molar-refractivity contribution in [3.8, 4) is 11.4 Å². The normalized spacial score (nSPS) is 10.2. The minimum absolute atomic E-state index is 0.248. The summed E-state index contributed by atoms with van der Waals surface area (Å²) in [5, 5.41) is 8.46. The summed E-state index contributed by atoms with van der Waals surface area (Å²) in [5.41, 5.74) is 3.19. The molecule has 0 aromatic carbocycles. The molecule has 0 aliphatic heterocycles. The van der Waals surface area contributed by atoms with Crippen LogP contribution in [0.25, 0.3) is 11.4 Å². The lowest BCUT2D eigenvalue weighted by Gasteiger charge is -1.88. The number of nitrogens with zero attached hydrogens (tertiary/aromatic N) is 2. The molecule has 66 valence electrons. The Balaban J connectivity index is 2.58. The Morgan fingerprint density at radius 1 is 1.62 bits per heavy atom. The second-order valence-corrected chi connectivity index (χ2v) is 3.39. The molecule has 2 aromatic heterocycles. The van der Waals surface area contributed by atoms with Crippen molar-refractivity contribution in [3.63, 3.8) is 0 Å². The second-order valence-electron chi connectivity index (χ2n) is 2.29. The van der Waals surface area contributed by atoms with E-state index in [-0.39, 0.29) is 5.15 Å². The molecular formula is C7H4ClN3OS. The minimum atomic E-state index is 0.248. The van der Waals surface area contributed by atoms with Gasteiger partial charge in [-0.25, -0.2) is 4.98 Å². The third-order valence-corrected chi connectivity index (χ3v) is 2.42. The number of rotatable bonds is 2. The molecule has 0 saturated carbocycles. The number of nitrogens with one attached hydrogen (secondary N) is 1. The maximum Gasteiger partial charge on any atom is 0.155 e. The number of aldehydes is 1. The molecule has 0 fully saturated rings. The monoisotopic (exact) mass is 213 g/mol. The Bertz CT molecular complexity index is 423. The van der Waals surface area contributed by atoms with E-state index in [0.717, 1.165) is 0 Å². The molecule has 2 rings (SSSR count). The largest absolute Gasteiger partial charge is 0.298 e. The van der Waals surface area contributed by atoms with Gasteiger partial charge in [-0.3, -0.25) is 9.89 Å². The predicted octanol–water partition coefficient (Wildman–Crippen LogP) is 2.00. The third kappa shape index (κ3) is 1.36. The molecule has 0 saturated heterocycles. The highest BCUT2D eigenvalue weighted by Crippen LogP contribution is 2.24. The van der Waals surface area contributed by atoms with Crippen LogP contribution in [0.15, 0.2) is 10.9 Å². The number of halogens is 1. The number of hydrogen-bond donors (Lipinski definition) is 1. The molecule has 0 radical (unpaired) electrons. The van der Waals surface area contributed by atoms with E-state index in [0.29, 0.717) is 23.2 Å². The molecule has 4 nitrogen and oxygen atoms in total. The van der Waals surface area contributed by atoms with Gasteiger partial charge in [-0.15, -0.1) is 11.3 Å². The lowest BCUT2D eigenvalue weighted by molar-refractivity contribution is 0.112. The van der Waals surface area contributed by atoms with Crippen LogP contribution in [-0.2, 0) is 0 Å². The van der Waals surface area contributed by atoms with Gasteiger partial charge < -0.3 is 0 Å². The summed E-state index contributed by atoms with van der Waals surface area (Å²) in [7, 11) is 0. The van der Waals surface area contributed by atoms with Gasteiger partial charge >= 0.3 is 0 Å². The molecule has 0 unspecified atom stereocenters. The number of carbonyl (C=O) groups excluding carboxylic acids is 1. The summed E-state index contributed by atoms with van der Waals surface area (Å²) in [5.74, 6) is 0. The van der Waals surface area contributed by atoms with Gasteiger partial charge in [0.2, 0.25) is 0 Å². The van der Waals surface area contributed by atoms with Crippen molar-refractivity contribution in [3.05, 3.63) is 21.6 Å². The maximum atomic E-state index is 10.6. The van der Waals surface area contributed by atoms with E-state index in [1.165, 1.54) is 11.3 Å². The lowest BCUT2D eigenvalue weighted by atomic mass is 10.2. The topological polar surface area (TPSA) is 58.6 Å². The average Bonchev–Trinajstić information content (AvgIpc) is 2.71. The number of thiazole rings is 1. The molecule has 0 atom stereocenters. The summed E-state index contributed by atoms with van der Waals surface area (Å²) in [4.78, 5) is 14.7. The molecular weight excluding hydrogens is 210 g/mol. The Morgan fingerprint density at radius 3 is 3.08 bits per heavy atom. The molecule has 0 amide bonds. The first-order valence-corrected chi connectivity index (χ1v) is 4.72. The van der Waals surface area contributed by atoms with Gasteiger partial charge in [0.15, 0.2) is 6.29 Å². The van der Waals surface area contributed by atoms with Gasteiger partial charge in [-0.05, 0) is 0 Å². The Labute approximate surface area is 82.6 Å². The first-order valence-electron chi connectivity index (χ1n) is 3.40. The van der Waals surface area contributed by atoms with E-state index < -0.39 is 0 Å². The van der Waals surface area contributed by atoms with Crippen LogP contribution in [0.5, 0.6) is 0 Å². The van der Waals surface area contributed by atoms with Crippen molar-refractivity contribution in [2.75, 3.05) is 0 Å². The SMILES string of the molecule is O=Cc1c(-c2cscn2)n[nH]c1Cl. The highest BCUT2D eigenvalue weighted by atomic mass is 35.5. The standard InChI is InChI=1S/C7H4ClN3OS/c8-7-4(1-12)6(10-11-7)5-2-13-3-9-5/h1-3H,(H,10,11). The Kier molecular flexibility index (Phi) is 2.12. The molecule has 6 heteroatoms. The average molecular weight is 214 g/mol. The van der Waals surface area contributed by atoms with Crippen LogP contribution in [0.4, 0.5) is 0 Å². The quantitative estimate of drug-likeness (QED) is 0.777. The van der Waals surface area contributed by atoms with E-state index in [2.05, 4.69) is 15.2 Å². The number of aromatic amines is 1. The summed E-state index contributed by atoms with van der Waals surface area (Å²) < 4.78 is 0. The fourth-order valence-corrected chi connectivity index (χ4v) is 1.67. The molecule has 13 heavy (non-hydrogen) atoms. The Morgan fingerprint density at radius 2 is 2.46 bits per heavy atom. The molecule has 0 aliphatic rings. The van der Waals surface area contributed by atoms with Crippen LogP contribution in [0.1, 0.15) is 10.4 Å². The van der Waals surface area contributed by atoms with Crippen molar-refractivity contribution in [2.24, 2.45) is 0 Å². The zero-order valence-corrected chi connectivity index (χ0v) is 7.89. The number of aromatic nitrogens is 3. The summed E-state index contributed by atoms with van der Waals surface area (Å²) in [6, 6.07) is 0. The van der Waals surface area contributed by atoms with E-state index in [9.17, 15) is 4.79 Å². The predicted molar refractivity (Wildman–Crippen MR) is 50.1 cm³/mol. The summed E-state index contributed by atoms with van der Waals surface area (Å²) in [6.45, 7) is 0. The Hall–Kier alpha value is -1.20. The fourth-order valence-electron chi connectivity index (χ4n) is 0.962. The smallest absolute Gasteiger partial charge is 0.155 e. The van der Waals surface area contributed by atoms with Crippen molar-refractivity contribution >= 4 is 29.2 Å². The molecule has 0 aliphatic carbocycles. The maximum absolute atomic E-state index is 10.6. The van der Waals surface area contributed by atoms with Gasteiger partial charge in [0.05, 0.1) is 11.1 Å². The van der Waals surface area contributed by atoms with Gasteiger partial charge in [0, 0.05) is 5.38 Å². The second kappa shape index (κ2) is 3.27. The molecule has 0 bridgehead atoms. The summed E-state index contributed by atoms with van der Waals surface area (Å²) >= 11 is 7.13. The van der Waals surface area contributed by atoms with E-state index in [1.807, 2.05) is 0 Å². The number of H-pyrrole nitrogens is 1. The molecule has 1 N–H and O–H groups in total. The van der Waals surface area contributed by atoms with Crippen molar-refractivity contribution in [1.29, 1.82) is 0 Å². The number of carbonyl (C=O) groups is 1. The van der Waals surface area contributed by atoms with Gasteiger partial charge in [-0.2, -0.15) is 5.10 Å². The fraction of sp³-hybridized carbons (Fsp3) is 0. The lowest BCUT2D eigenvalue weighted by Crippen LogP contribution is -1.83. The van der Waals surface area contributed by atoms with Crippen molar-refractivity contribution in [2.45, 2.75) is 0 Å². The highest BCUT2D eigenvalue weighted by Gasteiger charge is 2.13. The van der Waals surface area contributed by atoms with Crippen LogP contribution < -0.4 is 0 Å². The number of hydrogen-bond acceptors (Lipinski definition) is 4. The van der Waals surface area contributed by atoms with Crippen molar-refractivity contribution in [1.82, 2.24) is 15.2 Å². The van der Waals surface area contributed by atoms with E-state index in [4.69, 9.17) is 11.6 Å². The first-order chi connectivity index (χ1) is 6.33. The zero-order valence-electron chi connectivity index (χ0n) is 6.32. The summed E-state index contributed by atoms with van der Waals surface area (Å²) in [6.07, 6.45) is 0.667. The van der Waals surface area contributed by atoms with Gasteiger partial charge in [-0.1, -0.05) is 11.6 Å². The minimum Gasteiger partial charge on any atom is -0.298 e. The van der Waals surface area contributed by atoms with E-state index >= 15 is 0 Å². The van der Waals surface area contributed by atoms with Crippen LogP contribution in [0.3, 0.4) is 0 Å². The molecule has 2 heterocycles. The molecule has 2 aromatic rings. The first kappa shape index (κ1) is 8.40. The van der Waals surface area contributed by atoms with E-state index in [1.54, 1.807) is 10.9 Å². The zero-order chi connectivity index (χ0) is 9.26. The third-order valence-electron chi connectivity index (χ3n) is 1.55. The van der Waals surface area contributed by atoms with Crippen LogP contribution in [-0.4, -0.2) is 21.5 Å². The molecule has 0 spiro atoms. The highest BCUT2D eigenvalue weighted by molar-refractivity contribution is 7.07. The van der Waals surface area contributed by atoms with Gasteiger partial charge in [0.25, 0.3) is 0 Å². The van der Waals surface area contributed by atoms with Crippen LogP contribution in [0.2, 0.25) is 5.15 Å². The van der Waals surface area contributed by atoms with Gasteiger partial charge in [0.1, 0.15) is 16.5 Å².